The topological polar surface area (TPSA) is 43.7 Å². The van der Waals surface area contributed by atoms with Crippen LogP contribution in [0.3, 0.4) is 0 Å². The lowest BCUT2D eigenvalue weighted by atomic mass is 10.2. The summed E-state index contributed by atoms with van der Waals surface area (Å²) in [4.78, 5) is 14.9. The average Bonchev–Trinajstić information content (AvgIpc) is 2.90. The van der Waals surface area contributed by atoms with E-state index in [0.717, 1.165) is 37.1 Å². The van der Waals surface area contributed by atoms with E-state index in [-0.39, 0.29) is 5.97 Å². The molecule has 0 aliphatic rings. The number of carbonyl (C=O) groups excluding carboxylic acids is 1. The molecule has 0 saturated carbocycles. The Morgan fingerprint density at radius 2 is 1.79 bits per heavy atom. The molecule has 0 aliphatic carbocycles. The number of fused-ring (bicyclic) bond motifs is 1. The molecule has 0 aliphatic heterocycles. The van der Waals surface area contributed by atoms with E-state index in [1.54, 1.807) is 0 Å². The van der Waals surface area contributed by atoms with Crippen LogP contribution in [-0.2, 0) is 11.3 Å². The van der Waals surface area contributed by atoms with Crippen LogP contribution in [0.25, 0.3) is 10.9 Å². The molecule has 132 valence electrons. The molecule has 0 spiro atoms. The first-order chi connectivity index (χ1) is 11.7. The predicted molar refractivity (Wildman–Crippen MR) is 96.9 cm³/mol. The number of esters is 1. The summed E-state index contributed by atoms with van der Waals surface area (Å²) < 4.78 is 13.2. The lowest BCUT2D eigenvalue weighted by Crippen LogP contribution is -2.28. The molecule has 1 aromatic heterocycles. The summed E-state index contributed by atoms with van der Waals surface area (Å²) in [5.41, 5.74) is 1.53. The fourth-order valence-electron chi connectivity index (χ4n) is 2.98. The van der Waals surface area contributed by atoms with Crippen LogP contribution in [0.1, 0.15) is 38.2 Å². The molecule has 0 unspecified atom stereocenters. The van der Waals surface area contributed by atoms with Crippen LogP contribution in [0.4, 0.5) is 0 Å². The number of hydrogen-bond donors (Lipinski definition) is 0. The van der Waals surface area contributed by atoms with E-state index in [0.29, 0.717) is 24.7 Å². The fourth-order valence-corrected chi connectivity index (χ4v) is 2.98. The second-order valence-electron chi connectivity index (χ2n) is 5.53. The van der Waals surface area contributed by atoms with Crippen LogP contribution in [0, 0.1) is 0 Å². The summed E-state index contributed by atoms with van der Waals surface area (Å²) in [6, 6.07) is 7.98. The van der Waals surface area contributed by atoms with Gasteiger partial charge in [-0.1, -0.05) is 26.0 Å². The highest BCUT2D eigenvalue weighted by molar-refractivity contribution is 6.01. The Labute approximate surface area is 144 Å². The molecular formula is C19H28N2O3. The van der Waals surface area contributed by atoms with Gasteiger partial charge in [0.05, 0.1) is 18.7 Å². The van der Waals surface area contributed by atoms with Crippen LogP contribution < -0.4 is 4.74 Å². The zero-order valence-electron chi connectivity index (χ0n) is 15.2. The van der Waals surface area contributed by atoms with Gasteiger partial charge >= 0.3 is 5.97 Å². The van der Waals surface area contributed by atoms with Crippen molar-refractivity contribution < 1.29 is 14.3 Å². The van der Waals surface area contributed by atoms with Gasteiger partial charge in [-0.05, 0) is 39.1 Å². The number of aromatic nitrogens is 1. The van der Waals surface area contributed by atoms with E-state index < -0.39 is 0 Å². The van der Waals surface area contributed by atoms with Crippen molar-refractivity contribution in [3.63, 3.8) is 0 Å². The lowest BCUT2D eigenvalue weighted by molar-refractivity contribution is 0.0509. The van der Waals surface area contributed by atoms with Crippen molar-refractivity contribution in [1.29, 1.82) is 0 Å². The van der Waals surface area contributed by atoms with Crippen LogP contribution in [0.15, 0.2) is 24.3 Å². The first kappa shape index (κ1) is 18.3. The molecule has 2 rings (SSSR count). The van der Waals surface area contributed by atoms with E-state index in [1.807, 2.05) is 42.7 Å². The van der Waals surface area contributed by atoms with Gasteiger partial charge in [0, 0.05) is 18.5 Å². The van der Waals surface area contributed by atoms with Crippen LogP contribution in [-0.4, -0.2) is 48.3 Å². The van der Waals surface area contributed by atoms with Gasteiger partial charge in [-0.25, -0.2) is 4.79 Å². The number of ether oxygens (including phenoxy) is 2. The van der Waals surface area contributed by atoms with Crippen molar-refractivity contribution in [1.82, 2.24) is 9.47 Å². The minimum Gasteiger partial charge on any atom is -0.491 e. The number of nitrogens with zero attached hydrogens (tertiary/aromatic N) is 2. The van der Waals surface area contributed by atoms with E-state index in [1.165, 1.54) is 0 Å². The Morgan fingerprint density at radius 3 is 2.42 bits per heavy atom. The third-order valence-corrected chi connectivity index (χ3v) is 4.22. The molecule has 0 N–H and O–H groups in total. The van der Waals surface area contributed by atoms with Crippen molar-refractivity contribution in [3.8, 4) is 5.75 Å². The zero-order valence-corrected chi connectivity index (χ0v) is 15.2. The van der Waals surface area contributed by atoms with Gasteiger partial charge in [-0.2, -0.15) is 0 Å². The number of rotatable bonds is 9. The van der Waals surface area contributed by atoms with E-state index in [2.05, 4.69) is 18.7 Å². The summed E-state index contributed by atoms with van der Waals surface area (Å²) in [7, 11) is 0. The third kappa shape index (κ3) is 3.73. The van der Waals surface area contributed by atoms with E-state index >= 15 is 0 Å². The maximum Gasteiger partial charge on any atom is 0.358 e. The molecule has 0 atom stereocenters. The molecule has 0 bridgehead atoms. The highest BCUT2D eigenvalue weighted by Crippen LogP contribution is 2.34. The highest BCUT2D eigenvalue weighted by atomic mass is 16.5. The molecule has 5 heteroatoms. The normalized spacial score (nSPS) is 11.2. The Kier molecular flexibility index (Phi) is 6.67. The zero-order chi connectivity index (χ0) is 17.5. The van der Waals surface area contributed by atoms with Crippen LogP contribution in [0.2, 0.25) is 0 Å². The number of para-hydroxylation sites is 1. The Bertz CT molecular complexity index is 675. The van der Waals surface area contributed by atoms with E-state index in [4.69, 9.17) is 9.47 Å². The van der Waals surface area contributed by atoms with Gasteiger partial charge in [0.25, 0.3) is 0 Å². The molecule has 24 heavy (non-hydrogen) atoms. The lowest BCUT2D eigenvalue weighted by Gasteiger charge is -2.19. The molecular weight excluding hydrogens is 304 g/mol. The van der Waals surface area contributed by atoms with Crippen molar-refractivity contribution >= 4 is 16.9 Å². The number of carbonyl (C=O) groups is 1. The molecule has 1 heterocycles. The smallest absolute Gasteiger partial charge is 0.358 e. The SMILES string of the molecule is CCOC(=O)c1c(OCC)c2ccccc2n1CCN(CC)CC. The molecule has 0 radical (unpaired) electrons. The minimum absolute atomic E-state index is 0.323. The number of likely N-dealkylation sites (N-methyl/N-ethyl adjacent to an activating group) is 1. The van der Waals surface area contributed by atoms with Crippen molar-refractivity contribution in [3.05, 3.63) is 30.0 Å². The van der Waals surface area contributed by atoms with E-state index in [9.17, 15) is 4.79 Å². The summed E-state index contributed by atoms with van der Waals surface area (Å²) in [5.74, 6) is 0.308. The fraction of sp³-hybridized carbons (Fsp3) is 0.526. The maximum atomic E-state index is 12.6. The van der Waals surface area contributed by atoms with Crippen LogP contribution >= 0.6 is 0 Å². The first-order valence-corrected chi connectivity index (χ1v) is 8.81. The quantitative estimate of drug-likeness (QED) is 0.659. The van der Waals surface area contributed by atoms with Gasteiger partial charge in [-0.15, -0.1) is 0 Å². The molecule has 0 amide bonds. The number of benzene rings is 1. The third-order valence-electron chi connectivity index (χ3n) is 4.22. The van der Waals surface area contributed by atoms with Gasteiger partial charge in [-0.3, -0.25) is 0 Å². The molecule has 1 aromatic carbocycles. The van der Waals surface area contributed by atoms with Gasteiger partial charge < -0.3 is 18.9 Å². The van der Waals surface area contributed by atoms with Gasteiger partial charge in [0.2, 0.25) is 0 Å². The molecule has 5 nitrogen and oxygen atoms in total. The second kappa shape index (κ2) is 8.73. The van der Waals surface area contributed by atoms with Gasteiger partial charge in [0.1, 0.15) is 0 Å². The standard InChI is InChI=1S/C19H28N2O3/c1-5-20(6-2)13-14-21-16-12-10-9-11-15(16)18(23-7-3)17(21)19(22)24-8-4/h9-12H,5-8,13-14H2,1-4H3. The summed E-state index contributed by atoms with van der Waals surface area (Å²) in [6.45, 7) is 12.5. The molecule has 0 saturated heterocycles. The largest absolute Gasteiger partial charge is 0.491 e. The number of hydrogen-bond acceptors (Lipinski definition) is 4. The van der Waals surface area contributed by atoms with Crippen molar-refractivity contribution in [2.45, 2.75) is 34.2 Å². The summed E-state index contributed by atoms with van der Waals surface area (Å²) in [5, 5.41) is 0.960. The minimum atomic E-state index is -0.323. The maximum absolute atomic E-state index is 12.6. The predicted octanol–water partition coefficient (Wildman–Crippen LogP) is 3.56. The monoisotopic (exact) mass is 332 g/mol. The average molecular weight is 332 g/mol. The highest BCUT2D eigenvalue weighted by Gasteiger charge is 2.25. The molecule has 0 fully saturated rings. The first-order valence-electron chi connectivity index (χ1n) is 8.81. The Balaban J connectivity index is 2.52. The van der Waals surface area contributed by atoms with Gasteiger partial charge in [0.15, 0.2) is 11.4 Å². The second-order valence-corrected chi connectivity index (χ2v) is 5.53. The summed E-state index contributed by atoms with van der Waals surface area (Å²) in [6.07, 6.45) is 0. The Morgan fingerprint density at radius 1 is 1.08 bits per heavy atom. The van der Waals surface area contributed by atoms with Crippen molar-refractivity contribution in [2.24, 2.45) is 0 Å². The van der Waals surface area contributed by atoms with Crippen molar-refractivity contribution in [2.75, 3.05) is 32.8 Å². The Hall–Kier alpha value is -2.01. The summed E-state index contributed by atoms with van der Waals surface area (Å²) >= 11 is 0. The molecule has 2 aromatic rings. The van der Waals surface area contributed by atoms with Crippen LogP contribution in [0.5, 0.6) is 5.75 Å².